The summed E-state index contributed by atoms with van der Waals surface area (Å²) >= 11 is 0. The highest BCUT2D eigenvalue weighted by molar-refractivity contribution is 4.84. The first-order chi connectivity index (χ1) is 5.54. The maximum Gasteiger partial charge on any atom is 0.251 e. The van der Waals surface area contributed by atoms with E-state index < -0.39 is 11.8 Å². The third-order valence-electron chi connectivity index (χ3n) is 2.60. The number of halogens is 2. The zero-order chi connectivity index (χ0) is 9.19. The zero-order valence-corrected chi connectivity index (χ0v) is 7.35. The van der Waals surface area contributed by atoms with Crippen LogP contribution in [0.5, 0.6) is 0 Å². The second kappa shape index (κ2) is 3.69. The van der Waals surface area contributed by atoms with Crippen LogP contribution in [0.25, 0.3) is 0 Å². The van der Waals surface area contributed by atoms with Crippen molar-refractivity contribution in [3.05, 3.63) is 6.92 Å². The van der Waals surface area contributed by atoms with Gasteiger partial charge in [0.05, 0.1) is 6.10 Å². The molecule has 0 bridgehead atoms. The Balaban J connectivity index is 2.36. The van der Waals surface area contributed by atoms with E-state index in [-0.39, 0.29) is 6.10 Å². The molecule has 0 heterocycles. The van der Waals surface area contributed by atoms with Gasteiger partial charge in [-0.1, -0.05) is 0 Å². The van der Waals surface area contributed by atoms with Crippen LogP contribution < -0.4 is 0 Å². The van der Waals surface area contributed by atoms with Crippen LogP contribution in [0, 0.1) is 12.8 Å². The van der Waals surface area contributed by atoms with Crippen molar-refractivity contribution in [2.75, 3.05) is 7.11 Å². The van der Waals surface area contributed by atoms with Crippen molar-refractivity contribution in [3.63, 3.8) is 0 Å². The van der Waals surface area contributed by atoms with Gasteiger partial charge < -0.3 is 4.74 Å². The molecular weight excluding hydrogens is 162 g/mol. The number of alkyl halides is 2. The molecule has 71 valence electrons. The molecule has 0 amide bonds. The predicted molar refractivity (Wildman–Crippen MR) is 43.1 cm³/mol. The fourth-order valence-electron chi connectivity index (χ4n) is 1.72. The van der Waals surface area contributed by atoms with Crippen molar-refractivity contribution in [2.45, 2.75) is 37.7 Å². The van der Waals surface area contributed by atoms with Crippen LogP contribution in [0.3, 0.4) is 0 Å². The van der Waals surface area contributed by atoms with E-state index in [1.54, 1.807) is 7.11 Å². The lowest BCUT2D eigenvalue weighted by atomic mass is 9.84. The second-order valence-corrected chi connectivity index (χ2v) is 3.47. The molecule has 1 radical (unpaired) electrons. The van der Waals surface area contributed by atoms with E-state index in [1.165, 1.54) is 0 Å². The van der Waals surface area contributed by atoms with Gasteiger partial charge in [-0.25, -0.2) is 8.78 Å². The standard InChI is InChI=1S/C9H15F2O/c1-9(10,11)7-3-5-8(12-2)6-4-7/h7-8H,1,3-6H2,2H3. The molecule has 1 aliphatic carbocycles. The Hall–Kier alpha value is -0.180. The summed E-state index contributed by atoms with van der Waals surface area (Å²) in [6.45, 7) is 2.87. The third-order valence-corrected chi connectivity index (χ3v) is 2.60. The van der Waals surface area contributed by atoms with Gasteiger partial charge in [0.25, 0.3) is 5.92 Å². The van der Waals surface area contributed by atoms with Gasteiger partial charge in [0.2, 0.25) is 0 Å². The number of hydrogen-bond donors (Lipinski definition) is 0. The van der Waals surface area contributed by atoms with E-state index in [1.807, 2.05) is 0 Å². The summed E-state index contributed by atoms with van der Waals surface area (Å²) in [5, 5.41) is 0. The van der Waals surface area contributed by atoms with Crippen LogP contribution in [-0.2, 0) is 4.74 Å². The molecule has 0 aliphatic heterocycles. The Bertz CT molecular complexity index is 134. The maximum absolute atomic E-state index is 12.7. The quantitative estimate of drug-likeness (QED) is 0.630. The molecular formula is C9H15F2O. The molecule has 1 rings (SSSR count). The number of hydrogen-bond acceptors (Lipinski definition) is 1. The van der Waals surface area contributed by atoms with Gasteiger partial charge in [-0.05, 0) is 25.7 Å². The number of rotatable bonds is 2. The van der Waals surface area contributed by atoms with Gasteiger partial charge in [-0.3, -0.25) is 0 Å². The Kier molecular flexibility index (Phi) is 3.04. The number of ether oxygens (including phenoxy) is 1. The summed E-state index contributed by atoms with van der Waals surface area (Å²) < 4.78 is 30.5. The van der Waals surface area contributed by atoms with E-state index in [9.17, 15) is 8.78 Å². The Labute approximate surface area is 72.1 Å². The lowest BCUT2D eigenvalue weighted by molar-refractivity contribution is -0.0491. The molecule has 12 heavy (non-hydrogen) atoms. The van der Waals surface area contributed by atoms with Gasteiger partial charge in [0, 0.05) is 20.0 Å². The molecule has 1 nitrogen and oxygen atoms in total. The molecule has 1 saturated carbocycles. The predicted octanol–water partition coefficient (Wildman–Crippen LogP) is 2.66. The van der Waals surface area contributed by atoms with Crippen LogP contribution in [0.15, 0.2) is 0 Å². The van der Waals surface area contributed by atoms with Crippen molar-refractivity contribution >= 4 is 0 Å². The van der Waals surface area contributed by atoms with Crippen molar-refractivity contribution in [1.29, 1.82) is 0 Å². The molecule has 0 aromatic rings. The highest BCUT2D eigenvalue weighted by atomic mass is 19.3. The highest BCUT2D eigenvalue weighted by Gasteiger charge is 2.36. The molecule has 1 aliphatic rings. The number of methoxy groups -OCH3 is 1. The molecule has 0 aromatic carbocycles. The van der Waals surface area contributed by atoms with Gasteiger partial charge in [-0.2, -0.15) is 0 Å². The molecule has 0 N–H and O–H groups in total. The summed E-state index contributed by atoms with van der Waals surface area (Å²) in [7, 11) is 1.63. The van der Waals surface area contributed by atoms with Crippen LogP contribution in [-0.4, -0.2) is 19.1 Å². The second-order valence-electron chi connectivity index (χ2n) is 3.47. The Morgan fingerprint density at radius 3 is 2.08 bits per heavy atom. The Morgan fingerprint density at radius 1 is 1.25 bits per heavy atom. The van der Waals surface area contributed by atoms with Gasteiger partial charge in [-0.15, -0.1) is 0 Å². The minimum absolute atomic E-state index is 0.184. The normalized spacial score (nSPS) is 32.0. The highest BCUT2D eigenvalue weighted by Crippen LogP contribution is 2.36. The first-order valence-corrected chi connectivity index (χ1v) is 4.30. The van der Waals surface area contributed by atoms with E-state index in [2.05, 4.69) is 6.92 Å². The van der Waals surface area contributed by atoms with E-state index >= 15 is 0 Å². The van der Waals surface area contributed by atoms with Crippen LogP contribution in [0.2, 0.25) is 0 Å². The van der Waals surface area contributed by atoms with Gasteiger partial charge in [0.15, 0.2) is 0 Å². The molecule has 0 spiro atoms. The fourth-order valence-corrected chi connectivity index (χ4v) is 1.72. The average Bonchev–Trinajstić information content (AvgIpc) is 2.03. The molecule has 0 unspecified atom stereocenters. The summed E-state index contributed by atoms with van der Waals surface area (Å²) in [6, 6.07) is 0. The van der Waals surface area contributed by atoms with Crippen molar-refractivity contribution in [3.8, 4) is 0 Å². The van der Waals surface area contributed by atoms with Crippen LogP contribution in [0.4, 0.5) is 8.78 Å². The smallest absolute Gasteiger partial charge is 0.251 e. The Morgan fingerprint density at radius 2 is 1.75 bits per heavy atom. The van der Waals surface area contributed by atoms with E-state index in [0.717, 1.165) is 12.8 Å². The SMILES string of the molecule is [CH2]C(F)(F)C1CCC(OC)CC1. The molecule has 1 fully saturated rings. The lowest BCUT2D eigenvalue weighted by Gasteiger charge is -2.30. The molecule has 3 heteroatoms. The van der Waals surface area contributed by atoms with Crippen LogP contribution in [0.1, 0.15) is 25.7 Å². The summed E-state index contributed by atoms with van der Waals surface area (Å²) in [5.74, 6) is -3.29. The first kappa shape index (κ1) is 9.90. The lowest BCUT2D eigenvalue weighted by Crippen LogP contribution is -2.31. The van der Waals surface area contributed by atoms with Crippen LogP contribution >= 0.6 is 0 Å². The van der Waals surface area contributed by atoms with Crippen molar-refractivity contribution < 1.29 is 13.5 Å². The third kappa shape index (κ3) is 2.41. The van der Waals surface area contributed by atoms with E-state index in [4.69, 9.17) is 4.74 Å². The van der Waals surface area contributed by atoms with Gasteiger partial charge >= 0.3 is 0 Å². The molecule has 0 aromatic heterocycles. The van der Waals surface area contributed by atoms with Crippen molar-refractivity contribution in [1.82, 2.24) is 0 Å². The summed E-state index contributed by atoms with van der Waals surface area (Å²) in [6.07, 6.45) is 2.74. The molecule has 0 saturated heterocycles. The monoisotopic (exact) mass is 177 g/mol. The zero-order valence-electron chi connectivity index (χ0n) is 7.35. The van der Waals surface area contributed by atoms with Gasteiger partial charge in [0.1, 0.15) is 0 Å². The first-order valence-electron chi connectivity index (χ1n) is 4.30. The topological polar surface area (TPSA) is 9.23 Å². The minimum Gasteiger partial charge on any atom is -0.381 e. The maximum atomic E-state index is 12.7. The summed E-state index contributed by atoms with van der Waals surface area (Å²) in [4.78, 5) is 0. The summed E-state index contributed by atoms with van der Waals surface area (Å²) in [5.41, 5.74) is 0. The van der Waals surface area contributed by atoms with Crippen molar-refractivity contribution in [2.24, 2.45) is 5.92 Å². The minimum atomic E-state index is -2.75. The largest absolute Gasteiger partial charge is 0.381 e. The van der Waals surface area contributed by atoms with E-state index in [0.29, 0.717) is 12.8 Å². The average molecular weight is 177 g/mol. The fraction of sp³-hybridized carbons (Fsp3) is 0.889. The molecule has 0 atom stereocenters.